The minimum atomic E-state index is -4.41. The Balaban J connectivity index is 1.50. The van der Waals surface area contributed by atoms with Crippen molar-refractivity contribution >= 4 is 23.9 Å². The quantitative estimate of drug-likeness (QED) is 0.609. The van der Waals surface area contributed by atoms with Crippen molar-refractivity contribution in [3.63, 3.8) is 0 Å². The van der Waals surface area contributed by atoms with Crippen LogP contribution in [0.3, 0.4) is 0 Å². The molecule has 0 aliphatic carbocycles. The maximum absolute atomic E-state index is 13.2. The molecule has 10 heteroatoms. The second-order valence-corrected chi connectivity index (χ2v) is 7.57. The predicted molar refractivity (Wildman–Crippen MR) is 113 cm³/mol. The Morgan fingerprint density at radius 2 is 1.81 bits per heavy atom. The molecule has 0 bridgehead atoms. The minimum Gasteiger partial charge on any atom is -0.355 e. The molecule has 31 heavy (non-hydrogen) atoms. The van der Waals surface area contributed by atoms with Gasteiger partial charge in [-0.25, -0.2) is 4.98 Å². The van der Waals surface area contributed by atoms with Crippen LogP contribution in [-0.2, 0) is 6.18 Å². The predicted octanol–water partition coefficient (Wildman–Crippen LogP) is 4.30. The van der Waals surface area contributed by atoms with E-state index in [0.29, 0.717) is 48.9 Å². The van der Waals surface area contributed by atoms with Gasteiger partial charge >= 0.3 is 6.18 Å². The number of alkyl halides is 3. The molecule has 0 unspecified atom stereocenters. The molecule has 3 aromatic rings. The summed E-state index contributed by atoms with van der Waals surface area (Å²) in [6.07, 6.45) is -1.29. The Kier molecular flexibility index (Phi) is 5.81. The molecule has 0 saturated carbocycles. The first-order valence-electron chi connectivity index (χ1n) is 9.78. The number of benzene rings is 1. The Hall–Kier alpha value is -3.14. The molecular weight excluding hydrogens is 427 g/mol. The zero-order valence-electron chi connectivity index (χ0n) is 16.5. The number of anilines is 1. The van der Waals surface area contributed by atoms with Crippen LogP contribution in [-0.4, -0.2) is 51.5 Å². The number of nitrogens with one attached hydrogen (secondary N) is 1. The summed E-state index contributed by atoms with van der Waals surface area (Å²) in [4.78, 5) is 23.8. The lowest BCUT2D eigenvalue weighted by molar-refractivity contribution is -0.137. The standard InChI is InChI=1S/C21H20F3N5OS/c22-21(23,24)15-7-8-18(25-13-15)27-9-4-10-28(12-11-27)19(30)17-14-26-20(31)29(17)16-5-2-1-3-6-16/h1-3,5-8,13-14H,4,9-12H2,(H,26,31). The summed E-state index contributed by atoms with van der Waals surface area (Å²) in [6.45, 7) is 2.03. The first-order valence-corrected chi connectivity index (χ1v) is 10.2. The van der Waals surface area contributed by atoms with E-state index in [2.05, 4.69) is 9.97 Å². The maximum atomic E-state index is 13.2. The summed E-state index contributed by atoms with van der Waals surface area (Å²) in [5, 5.41) is 0. The molecule has 1 N–H and O–H groups in total. The van der Waals surface area contributed by atoms with Crippen molar-refractivity contribution in [2.75, 3.05) is 31.1 Å². The van der Waals surface area contributed by atoms with Crippen molar-refractivity contribution in [1.29, 1.82) is 0 Å². The lowest BCUT2D eigenvalue weighted by Gasteiger charge is -2.23. The van der Waals surface area contributed by atoms with Gasteiger partial charge in [0.2, 0.25) is 0 Å². The van der Waals surface area contributed by atoms with Crippen LogP contribution >= 0.6 is 12.2 Å². The number of imidazole rings is 1. The summed E-state index contributed by atoms with van der Waals surface area (Å²) >= 11 is 5.36. The highest BCUT2D eigenvalue weighted by atomic mass is 32.1. The van der Waals surface area contributed by atoms with E-state index >= 15 is 0 Å². The van der Waals surface area contributed by atoms with Crippen LogP contribution in [0.1, 0.15) is 22.5 Å². The number of hydrogen-bond donors (Lipinski definition) is 1. The van der Waals surface area contributed by atoms with Gasteiger partial charge in [-0.1, -0.05) is 18.2 Å². The number of nitrogens with zero attached hydrogens (tertiary/aromatic N) is 4. The van der Waals surface area contributed by atoms with Crippen molar-refractivity contribution in [1.82, 2.24) is 19.4 Å². The molecule has 0 atom stereocenters. The van der Waals surface area contributed by atoms with Gasteiger partial charge in [0.05, 0.1) is 5.56 Å². The summed E-state index contributed by atoms with van der Waals surface area (Å²) in [6, 6.07) is 11.8. The van der Waals surface area contributed by atoms with Gasteiger partial charge in [0, 0.05) is 44.3 Å². The van der Waals surface area contributed by atoms with Crippen LogP contribution in [0.5, 0.6) is 0 Å². The molecular formula is C21H20F3N5OS. The van der Waals surface area contributed by atoms with Gasteiger partial charge in [-0.3, -0.25) is 9.36 Å². The van der Waals surface area contributed by atoms with Gasteiger partial charge in [0.25, 0.3) is 5.91 Å². The SMILES string of the molecule is O=C(c1c[nH]c(=S)n1-c1ccccc1)N1CCCN(c2ccc(C(F)(F)F)cn2)CC1. The summed E-state index contributed by atoms with van der Waals surface area (Å²) in [5.74, 6) is 0.314. The molecule has 1 aliphatic heterocycles. The van der Waals surface area contributed by atoms with E-state index in [1.807, 2.05) is 35.2 Å². The topological polar surface area (TPSA) is 57.2 Å². The molecule has 0 radical (unpaired) electrons. The van der Waals surface area contributed by atoms with Gasteiger partial charge < -0.3 is 14.8 Å². The highest BCUT2D eigenvalue weighted by Crippen LogP contribution is 2.29. The molecule has 1 aliphatic rings. The molecule has 1 aromatic carbocycles. The summed E-state index contributed by atoms with van der Waals surface area (Å²) in [5.41, 5.74) is 0.459. The van der Waals surface area contributed by atoms with E-state index in [1.54, 1.807) is 15.7 Å². The number of carbonyl (C=O) groups is 1. The van der Waals surface area contributed by atoms with Gasteiger partial charge in [0.15, 0.2) is 4.77 Å². The van der Waals surface area contributed by atoms with Gasteiger partial charge in [0.1, 0.15) is 11.5 Å². The van der Waals surface area contributed by atoms with Crippen LogP contribution in [0.4, 0.5) is 19.0 Å². The number of amides is 1. The smallest absolute Gasteiger partial charge is 0.355 e. The van der Waals surface area contributed by atoms with Crippen LogP contribution in [0.2, 0.25) is 0 Å². The fraction of sp³-hybridized carbons (Fsp3) is 0.286. The molecule has 3 heterocycles. The monoisotopic (exact) mass is 447 g/mol. The van der Waals surface area contributed by atoms with Crippen molar-refractivity contribution in [3.8, 4) is 5.69 Å². The molecule has 1 saturated heterocycles. The van der Waals surface area contributed by atoms with E-state index in [-0.39, 0.29) is 5.91 Å². The van der Waals surface area contributed by atoms with Crippen molar-refractivity contribution in [2.45, 2.75) is 12.6 Å². The lowest BCUT2D eigenvalue weighted by Crippen LogP contribution is -2.36. The molecule has 1 amide bonds. The van der Waals surface area contributed by atoms with Crippen LogP contribution in [0.15, 0.2) is 54.9 Å². The van der Waals surface area contributed by atoms with Gasteiger partial charge in [-0.2, -0.15) is 13.2 Å². The summed E-state index contributed by atoms with van der Waals surface area (Å²) in [7, 11) is 0. The largest absolute Gasteiger partial charge is 0.417 e. The van der Waals surface area contributed by atoms with E-state index in [9.17, 15) is 18.0 Å². The third-order valence-corrected chi connectivity index (χ3v) is 5.49. The third-order valence-electron chi connectivity index (χ3n) is 5.19. The van der Waals surface area contributed by atoms with E-state index in [1.165, 1.54) is 6.07 Å². The van der Waals surface area contributed by atoms with Crippen LogP contribution < -0.4 is 4.90 Å². The normalized spacial score (nSPS) is 15.1. The fourth-order valence-electron chi connectivity index (χ4n) is 3.61. The second-order valence-electron chi connectivity index (χ2n) is 7.19. The van der Waals surface area contributed by atoms with E-state index < -0.39 is 11.7 Å². The third kappa shape index (κ3) is 4.48. The number of aromatic nitrogens is 3. The maximum Gasteiger partial charge on any atom is 0.417 e. The number of para-hydroxylation sites is 1. The van der Waals surface area contributed by atoms with Crippen LogP contribution in [0.25, 0.3) is 5.69 Å². The molecule has 6 nitrogen and oxygen atoms in total. The molecule has 2 aromatic heterocycles. The molecule has 1 fully saturated rings. The van der Waals surface area contributed by atoms with Gasteiger partial charge in [-0.15, -0.1) is 0 Å². The van der Waals surface area contributed by atoms with Crippen molar-refractivity contribution in [3.05, 3.63) is 70.9 Å². The second kappa shape index (κ2) is 8.54. The number of rotatable bonds is 3. The number of hydrogen-bond acceptors (Lipinski definition) is 4. The number of carbonyl (C=O) groups excluding carboxylic acids is 1. The first kappa shape index (κ1) is 21.1. The van der Waals surface area contributed by atoms with Crippen molar-refractivity contribution < 1.29 is 18.0 Å². The lowest BCUT2D eigenvalue weighted by atomic mass is 10.2. The fourth-order valence-corrected chi connectivity index (χ4v) is 3.87. The number of halogens is 3. The Morgan fingerprint density at radius 1 is 1.03 bits per heavy atom. The van der Waals surface area contributed by atoms with E-state index in [0.717, 1.165) is 18.0 Å². The Bertz CT molecular complexity index is 1110. The highest BCUT2D eigenvalue weighted by molar-refractivity contribution is 7.71. The number of aromatic amines is 1. The zero-order chi connectivity index (χ0) is 22.0. The van der Waals surface area contributed by atoms with Crippen LogP contribution in [0, 0.1) is 4.77 Å². The highest BCUT2D eigenvalue weighted by Gasteiger charge is 2.31. The zero-order valence-corrected chi connectivity index (χ0v) is 17.3. The van der Waals surface area contributed by atoms with Gasteiger partial charge in [-0.05, 0) is 42.9 Å². The number of pyridine rings is 1. The van der Waals surface area contributed by atoms with Crippen molar-refractivity contribution in [2.24, 2.45) is 0 Å². The molecule has 162 valence electrons. The minimum absolute atomic E-state index is 0.154. The first-order chi connectivity index (χ1) is 14.8. The average molecular weight is 447 g/mol. The number of H-pyrrole nitrogens is 1. The molecule has 4 rings (SSSR count). The molecule has 0 spiro atoms. The van der Waals surface area contributed by atoms with E-state index in [4.69, 9.17) is 12.2 Å². The Labute approximate surface area is 181 Å². The average Bonchev–Trinajstić information content (AvgIpc) is 2.98. The summed E-state index contributed by atoms with van der Waals surface area (Å²) < 4.78 is 40.5. The Morgan fingerprint density at radius 3 is 2.48 bits per heavy atom.